The van der Waals surface area contributed by atoms with Crippen molar-refractivity contribution in [2.75, 3.05) is 0 Å². The SMILES string of the molecule is Cc1[se]c(-c2ccc(CC(C)(C)C)cc2)c(C)c1C.Cc1[se]c(-c2ccccc2)c(C)c1C.Cc1[se]c(C)c(C)c1C.Cc1[se]c(CC(C)(C)C)c(C)c1C.Cc1cc2ccccc2[se]1.Cc1ccc(-c2ccc(CC(C)(C)C)cc2)[se]1.Cc1ccc(-c2ccccc2)[se]1.Cc1ccc(C)[se]1.Cc1ccc(CC(C)(C)C)[se]1. The molecule has 9 heteroatoms. The van der Waals surface area contributed by atoms with Crippen LogP contribution in [0.4, 0.5) is 0 Å². The monoisotopic (exact) mass is 2090 g/mol. The Balaban J connectivity index is 0.000000199. The van der Waals surface area contributed by atoms with Crippen LogP contribution in [0.2, 0.25) is 0 Å². The topological polar surface area (TPSA) is 0 Å². The zero-order valence-electron chi connectivity index (χ0n) is 73.9. The Morgan fingerprint density at radius 1 is 0.223 bits per heavy atom. The molecule has 5 aromatic carbocycles. The molecule has 0 N–H and O–H groups in total. The van der Waals surface area contributed by atoms with E-state index in [0.29, 0.717) is 152 Å². The molecule has 0 unspecified atom stereocenters. The van der Waals surface area contributed by atoms with Crippen LogP contribution in [0.1, 0.15) is 196 Å². The van der Waals surface area contributed by atoms with Crippen molar-refractivity contribution in [1.29, 1.82) is 0 Å². The predicted octanol–water partition coefficient (Wildman–Crippen LogP) is 26.7. The second kappa shape index (κ2) is 45.5. The molecule has 0 radical (unpaired) electrons. The van der Waals surface area contributed by atoms with Crippen LogP contribution in [0.15, 0.2) is 188 Å². The number of hydrogen-bond donors (Lipinski definition) is 0. The van der Waals surface area contributed by atoms with Gasteiger partial charge in [-0.15, -0.1) is 0 Å². The quantitative estimate of drug-likeness (QED) is 0.133. The van der Waals surface area contributed by atoms with Crippen LogP contribution < -0.4 is 0 Å². The van der Waals surface area contributed by atoms with E-state index in [1.165, 1.54) is 111 Å². The third kappa shape index (κ3) is 33.6. The number of fused-ring (bicyclic) bond motifs is 1. The summed E-state index contributed by atoms with van der Waals surface area (Å²) in [6.07, 6.45) is 4.83. The average molecular weight is 2080 g/mol. The summed E-state index contributed by atoms with van der Waals surface area (Å²) in [6, 6.07) is 68.6. The maximum absolute atomic E-state index is 2.33. The van der Waals surface area contributed by atoms with E-state index in [2.05, 4.69) is 403 Å². The van der Waals surface area contributed by atoms with Crippen molar-refractivity contribution < 1.29 is 0 Å². The first-order valence-corrected chi connectivity index (χ1v) is 54.9. The Morgan fingerprint density at radius 3 is 0.884 bits per heavy atom. The first-order chi connectivity index (χ1) is 52.3. The van der Waals surface area contributed by atoms with Crippen molar-refractivity contribution >= 4 is 140 Å². The zero-order chi connectivity index (χ0) is 83.2. The summed E-state index contributed by atoms with van der Waals surface area (Å²) in [5.41, 5.74) is 22.3. The van der Waals surface area contributed by atoms with E-state index < -0.39 is 0 Å². The van der Waals surface area contributed by atoms with Crippen molar-refractivity contribution in [3.63, 3.8) is 0 Å². The molecule has 0 aliphatic rings. The third-order valence-electron chi connectivity index (χ3n) is 19.2. The Morgan fingerprint density at radius 2 is 0.554 bits per heavy atom. The standard InChI is InChI=1S/C18H24Se.C16H20Se.C13H14Se.C12H20Se.C11H10Se.C10H16Se.C9H8Se.C8H12Se.C6H8Se/c1-12-13(2)17(19-14(12)3)16-9-7-15(8-10-16)11-18(4,5)6;1-12-5-10-15(17-12)14-8-6-13(7-9-14)11-16(2,3)4;1-9-10(2)13(14-11(9)3)12-7-5-4-6-8-12;1-8-9(2)11(13-10(8)3)7-12(4,5)6;1-9-7-8-11(12-9)10-5-3-2-4-6-10;1-8-5-6-9(11-8)7-10(2,3)4;1-7-6-8-4-2-3-5-9(8)10-7;1-5-6(2)8(4)9-7(5)3;1-5-3-4-6(2)7-5/h7-10H,11H2,1-6H3;5-10H,11H2,1-4H3;4-8H,1-3H3;7H2,1-6H3;2-8H,1H3;5-6H,7H2,1-4H3;2-6H,1H3;1-4H3;3-4H,1-2H3. The van der Waals surface area contributed by atoms with E-state index in [0.717, 1.165) is 12.8 Å². The van der Waals surface area contributed by atoms with E-state index in [-0.39, 0.29) is 0 Å². The fourth-order valence-corrected chi connectivity index (χ4v) is 32.4. The van der Waals surface area contributed by atoms with Gasteiger partial charge in [-0.05, 0) is 0 Å². The molecule has 0 atom stereocenters. The summed E-state index contributed by atoms with van der Waals surface area (Å²) < 4.78 is 28.3. The van der Waals surface area contributed by atoms with Crippen LogP contribution in [0.3, 0.4) is 0 Å². The van der Waals surface area contributed by atoms with Gasteiger partial charge in [-0.3, -0.25) is 0 Å². The molecule has 14 aromatic rings. The fourth-order valence-electron chi connectivity index (χ4n) is 12.3. The Kier molecular flexibility index (Phi) is 39.5. The van der Waals surface area contributed by atoms with Gasteiger partial charge in [0.1, 0.15) is 0 Å². The van der Waals surface area contributed by atoms with E-state index in [4.69, 9.17) is 0 Å². The molecule has 0 aliphatic carbocycles. The van der Waals surface area contributed by atoms with E-state index in [9.17, 15) is 0 Å². The van der Waals surface area contributed by atoms with E-state index in [1.807, 2.05) is 0 Å². The van der Waals surface area contributed by atoms with Gasteiger partial charge in [0.15, 0.2) is 0 Å². The zero-order valence-corrected chi connectivity index (χ0v) is 89.3. The van der Waals surface area contributed by atoms with Gasteiger partial charge in [0.25, 0.3) is 0 Å². The first kappa shape index (κ1) is 97.2. The van der Waals surface area contributed by atoms with Gasteiger partial charge in [-0.25, -0.2) is 0 Å². The molecule has 0 spiro atoms. The minimum atomic E-state index is 0.364. The number of benzene rings is 5. The van der Waals surface area contributed by atoms with Gasteiger partial charge < -0.3 is 0 Å². The molecular formula is C103H132Se9. The molecule has 0 saturated carbocycles. The molecular weight excluding hydrogens is 1950 g/mol. The Hall–Kier alpha value is -3.64. The molecule has 0 amide bonds. The first-order valence-electron chi connectivity index (χ1n) is 39.5. The van der Waals surface area contributed by atoms with Crippen LogP contribution in [-0.2, 0) is 25.7 Å². The predicted molar refractivity (Wildman–Crippen MR) is 512 cm³/mol. The molecule has 9 heterocycles. The number of aryl methyl sites for hydroxylation is 11. The van der Waals surface area contributed by atoms with E-state index >= 15 is 0 Å². The molecule has 0 bridgehead atoms. The molecule has 112 heavy (non-hydrogen) atoms. The summed E-state index contributed by atoms with van der Waals surface area (Å²) in [6.45, 7) is 70.2. The molecule has 598 valence electrons. The summed E-state index contributed by atoms with van der Waals surface area (Å²) in [5, 5.41) is 1.43. The van der Waals surface area contributed by atoms with Crippen LogP contribution >= 0.6 is 0 Å². The number of hydrogen-bond acceptors (Lipinski definition) is 0. The average Bonchev–Trinajstić information content (AvgIpc) is 1.61. The van der Waals surface area contributed by atoms with Gasteiger partial charge in [0.05, 0.1) is 0 Å². The molecule has 0 aliphatic heterocycles. The second-order valence-electron chi connectivity index (χ2n) is 34.7. The van der Waals surface area contributed by atoms with Crippen molar-refractivity contribution in [3.05, 3.63) is 301 Å². The Labute approximate surface area is 735 Å². The van der Waals surface area contributed by atoms with Crippen molar-refractivity contribution in [2.45, 2.75) is 240 Å². The summed E-state index contributed by atoms with van der Waals surface area (Å²) in [5.74, 6) is 0. The molecule has 0 nitrogen and oxygen atoms in total. The number of rotatable bonds is 8. The summed E-state index contributed by atoms with van der Waals surface area (Å²) in [4.78, 5) is 0. The van der Waals surface area contributed by atoms with Gasteiger partial charge in [0, 0.05) is 0 Å². The molecule has 14 rings (SSSR count). The molecule has 9 aromatic heterocycles. The van der Waals surface area contributed by atoms with Crippen LogP contribution in [0, 0.1) is 153 Å². The second-order valence-corrected chi connectivity index (χ2v) is 59.7. The molecule has 0 fully saturated rings. The van der Waals surface area contributed by atoms with Gasteiger partial charge in [-0.1, -0.05) is 0 Å². The normalized spacial score (nSPS) is 11.1. The van der Waals surface area contributed by atoms with Gasteiger partial charge >= 0.3 is 744 Å². The van der Waals surface area contributed by atoms with Crippen molar-refractivity contribution in [2.24, 2.45) is 21.7 Å². The van der Waals surface area contributed by atoms with Gasteiger partial charge in [-0.2, -0.15) is 0 Å². The van der Waals surface area contributed by atoms with Crippen LogP contribution in [0.5, 0.6) is 0 Å². The maximum atomic E-state index is 2.33. The van der Waals surface area contributed by atoms with Crippen molar-refractivity contribution in [3.8, 4) is 40.0 Å². The summed E-state index contributed by atoms with van der Waals surface area (Å²) in [7, 11) is 0. The fraction of sp³-hybridized carbons (Fsp3) is 0.379. The Bertz CT molecular complexity index is 5020. The van der Waals surface area contributed by atoms with Crippen LogP contribution in [0.25, 0.3) is 49.6 Å². The van der Waals surface area contributed by atoms with Crippen molar-refractivity contribution in [1.82, 2.24) is 0 Å². The molecule has 0 saturated heterocycles. The minimum absolute atomic E-state index is 0.364. The summed E-state index contributed by atoms with van der Waals surface area (Å²) >= 11 is 5.54. The van der Waals surface area contributed by atoms with Gasteiger partial charge in [0.2, 0.25) is 0 Å². The van der Waals surface area contributed by atoms with Crippen LogP contribution in [-0.4, -0.2) is 131 Å². The van der Waals surface area contributed by atoms with E-state index in [1.54, 1.807) is 64.4 Å². The third-order valence-corrected chi connectivity index (χ3v) is 40.8.